The van der Waals surface area contributed by atoms with E-state index in [1.807, 2.05) is 0 Å². The van der Waals surface area contributed by atoms with E-state index in [9.17, 15) is 9.18 Å². The number of Topliss-reactive ketones (excluding diaryl/α,β-unsaturated/α-hetero) is 1. The molecule has 0 amide bonds. The Kier molecular flexibility index (Phi) is 6.96. The Bertz CT molecular complexity index is 954. The fraction of sp³-hybridized carbons (Fsp3) is 0.263. The molecule has 28 heavy (non-hydrogen) atoms. The predicted octanol–water partition coefficient (Wildman–Crippen LogP) is 4.50. The lowest BCUT2D eigenvalue weighted by atomic mass is 9.91. The number of halogens is 3. The van der Waals surface area contributed by atoms with Crippen LogP contribution in [0.15, 0.2) is 44.2 Å². The topological polar surface area (TPSA) is 81.4 Å². The second-order valence-electron chi connectivity index (χ2n) is 6.33. The highest BCUT2D eigenvalue weighted by molar-refractivity contribution is 14.1. The molecule has 1 aromatic carbocycles. The van der Waals surface area contributed by atoms with Crippen molar-refractivity contribution in [3.05, 3.63) is 52.4 Å². The van der Waals surface area contributed by atoms with Gasteiger partial charge in [-0.15, -0.1) is 0 Å². The minimum Gasteiger partial charge on any atom is -0.357 e. The number of aromatic nitrogens is 1. The van der Waals surface area contributed by atoms with Crippen LogP contribution in [0.1, 0.15) is 18.4 Å². The minimum absolute atomic E-state index is 0.0618. The molecule has 0 saturated carbocycles. The minimum atomic E-state index is -0.369. The normalized spacial score (nSPS) is 15.2. The molecule has 0 unspecified atom stereocenters. The van der Waals surface area contributed by atoms with Gasteiger partial charge in [0.1, 0.15) is 11.6 Å². The highest BCUT2D eigenvalue weighted by Gasteiger charge is 2.28. The van der Waals surface area contributed by atoms with Crippen LogP contribution in [-0.4, -0.2) is 29.7 Å². The summed E-state index contributed by atoms with van der Waals surface area (Å²) < 4.78 is 17.8. The summed E-state index contributed by atoms with van der Waals surface area (Å²) in [6, 6.07) is 9.99. The summed E-state index contributed by atoms with van der Waals surface area (Å²) >= 11 is 4.93. The number of piperidine rings is 1. The third-order valence-corrected chi connectivity index (χ3v) is 5.65. The Labute approximate surface area is 184 Å². The van der Waals surface area contributed by atoms with Gasteiger partial charge in [0.25, 0.3) is 0 Å². The standard InChI is InChI=1S/C19H16BrFIN5O/c20-15-10-14(1-2-16(15)21)25-19(26-22)18(28)13-4-7-27(8-5-13)17-9-12(11-23)3-6-24-17/h1-3,6,9-10,13H,4-5,7-8H2,(H,25,26). The molecule has 0 atom stereocenters. The highest BCUT2D eigenvalue weighted by atomic mass is 127. The van der Waals surface area contributed by atoms with Crippen LogP contribution >= 0.6 is 38.8 Å². The molecule has 2 aromatic rings. The molecule has 6 nitrogen and oxygen atoms in total. The smallest absolute Gasteiger partial charge is 0.201 e. The maximum atomic E-state index is 13.4. The average molecular weight is 556 g/mol. The van der Waals surface area contributed by atoms with Crippen molar-refractivity contribution in [2.24, 2.45) is 9.12 Å². The summed E-state index contributed by atoms with van der Waals surface area (Å²) in [5, 5.41) is 12.0. The third-order valence-electron chi connectivity index (χ3n) is 4.56. The molecule has 1 saturated heterocycles. The zero-order valence-corrected chi connectivity index (χ0v) is 18.4. The molecule has 0 radical (unpaired) electrons. The number of pyridine rings is 1. The van der Waals surface area contributed by atoms with Gasteiger partial charge in [0, 0.05) is 30.9 Å². The van der Waals surface area contributed by atoms with Gasteiger partial charge >= 0.3 is 0 Å². The summed E-state index contributed by atoms with van der Waals surface area (Å²) in [6.45, 7) is 1.35. The van der Waals surface area contributed by atoms with Crippen LogP contribution < -0.4 is 10.2 Å². The van der Waals surface area contributed by atoms with Crippen molar-refractivity contribution in [3.8, 4) is 6.07 Å². The Morgan fingerprint density at radius 3 is 2.75 bits per heavy atom. The Morgan fingerprint density at radius 1 is 1.36 bits per heavy atom. The number of hydrogen-bond acceptors (Lipinski definition) is 5. The number of amidine groups is 1. The molecule has 1 aliphatic heterocycles. The van der Waals surface area contributed by atoms with Crippen molar-refractivity contribution < 1.29 is 9.18 Å². The average Bonchev–Trinajstić information content (AvgIpc) is 2.74. The van der Waals surface area contributed by atoms with Crippen molar-refractivity contribution in [2.45, 2.75) is 12.8 Å². The molecule has 0 spiro atoms. The van der Waals surface area contributed by atoms with Crippen molar-refractivity contribution in [1.82, 2.24) is 4.98 Å². The van der Waals surface area contributed by atoms with E-state index in [0.29, 0.717) is 41.7 Å². The largest absolute Gasteiger partial charge is 0.357 e. The van der Waals surface area contributed by atoms with E-state index < -0.39 is 0 Å². The fourth-order valence-electron chi connectivity index (χ4n) is 3.06. The zero-order chi connectivity index (χ0) is 20.1. The SMILES string of the molecule is N#Cc1ccnc(N2CCC(C(=O)/C(=N/I)Nc3ccc(F)c(Br)c3)CC2)c1. The Hall–Kier alpha value is -2.06. The van der Waals surface area contributed by atoms with Crippen LogP contribution in [0.2, 0.25) is 0 Å². The van der Waals surface area contributed by atoms with E-state index >= 15 is 0 Å². The number of nitriles is 1. The van der Waals surface area contributed by atoms with Gasteiger partial charge in [-0.2, -0.15) is 8.47 Å². The van der Waals surface area contributed by atoms with E-state index in [0.717, 1.165) is 5.82 Å². The predicted molar refractivity (Wildman–Crippen MR) is 118 cm³/mol. The molecule has 0 bridgehead atoms. The van der Waals surface area contributed by atoms with Crippen LogP contribution in [0.4, 0.5) is 15.9 Å². The van der Waals surface area contributed by atoms with E-state index in [4.69, 9.17) is 5.26 Å². The number of hydrogen-bond donors (Lipinski definition) is 1. The van der Waals surface area contributed by atoms with Gasteiger partial charge in [0.15, 0.2) is 5.84 Å². The molecule has 1 fully saturated rings. The van der Waals surface area contributed by atoms with Gasteiger partial charge < -0.3 is 10.2 Å². The fourth-order valence-corrected chi connectivity index (χ4v) is 3.80. The van der Waals surface area contributed by atoms with Crippen molar-refractivity contribution in [2.75, 3.05) is 23.3 Å². The van der Waals surface area contributed by atoms with E-state index in [1.54, 1.807) is 53.3 Å². The summed E-state index contributed by atoms with van der Waals surface area (Å²) in [7, 11) is 0. The lowest BCUT2D eigenvalue weighted by Gasteiger charge is -2.32. The molecule has 1 N–H and O–H groups in total. The summed E-state index contributed by atoms with van der Waals surface area (Å²) in [5.74, 6) is 0.420. The first-order chi connectivity index (χ1) is 13.5. The van der Waals surface area contributed by atoms with Gasteiger partial charge in [0.05, 0.1) is 39.0 Å². The van der Waals surface area contributed by atoms with Crippen LogP contribution in [0.5, 0.6) is 0 Å². The number of carbonyl (C=O) groups is 1. The molecule has 9 heteroatoms. The van der Waals surface area contributed by atoms with Crippen molar-refractivity contribution in [3.63, 3.8) is 0 Å². The van der Waals surface area contributed by atoms with Crippen LogP contribution in [0.25, 0.3) is 0 Å². The molecule has 1 aliphatic rings. The summed E-state index contributed by atoms with van der Waals surface area (Å²) in [5.41, 5.74) is 1.16. The second-order valence-corrected chi connectivity index (χ2v) is 7.66. The first kappa shape index (κ1) is 20.7. The quantitative estimate of drug-likeness (QED) is 0.341. The number of ketones is 1. The maximum Gasteiger partial charge on any atom is 0.201 e. The molecular formula is C19H16BrFIN5O. The number of carbonyl (C=O) groups excluding carboxylic acids is 1. The molecule has 0 aliphatic carbocycles. The number of anilines is 2. The summed E-state index contributed by atoms with van der Waals surface area (Å²) in [4.78, 5) is 19.3. The number of nitrogens with one attached hydrogen (secondary N) is 1. The number of benzene rings is 1. The van der Waals surface area contributed by atoms with Gasteiger partial charge in [-0.1, -0.05) is 0 Å². The molecule has 1 aromatic heterocycles. The molecule has 3 rings (SSSR count). The first-order valence-electron chi connectivity index (χ1n) is 8.58. The maximum absolute atomic E-state index is 13.4. The lowest BCUT2D eigenvalue weighted by Crippen LogP contribution is -2.40. The van der Waals surface area contributed by atoms with Gasteiger partial charge in [-0.25, -0.2) is 9.37 Å². The third kappa shape index (κ3) is 4.86. The van der Waals surface area contributed by atoms with Crippen molar-refractivity contribution in [1.29, 1.82) is 5.26 Å². The van der Waals surface area contributed by atoms with Crippen LogP contribution in [0.3, 0.4) is 0 Å². The second kappa shape index (κ2) is 9.43. The van der Waals surface area contributed by atoms with Gasteiger partial charge in [-0.05, 0) is 59.1 Å². The highest BCUT2D eigenvalue weighted by Crippen LogP contribution is 2.25. The number of nitrogens with zero attached hydrogens (tertiary/aromatic N) is 4. The van der Waals surface area contributed by atoms with Crippen LogP contribution in [0, 0.1) is 23.1 Å². The van der Waals surface area contributed by atoms with E-state index in [2.05, 4.69) is 40.4 Å². The molecule has 2 heterocycles. The van der Waals surface area contributed by atoms with Gasteiger partial charge in [-0.3, -0.25) is 4.79 Å². The van der Waals surface area contributed by atoms with E-state index in [1.165, 1.54) is 6.07 Å². The Morgan fingerprint density at radius 2 is 2.11 bits per heavy atom. The Balaban J connectivity index is 1.63. The summed E-state index contributed by atoms with van der Waals surface area (Å²) in [6.07, 6.45) is 2.96. The zero-order valence-electron chi connectivity index (χ0n) is 14.7. The van der Waals surface area contributed by atoms with Crippen LogP contribution in [-0.2, 0) is 4.79 Å². The van der Waals surface area contributed by atoms with Gasteiger partial charge in [0.2, 0.25) is 5.78 Å². The lowest BCUT2D eigenvalue weighted by molar-refractivity contribution is -0.116. The number of rotatable bonds is 4. The monoisotopic (exact) mass is 555 g/mol. The van der Waals surface area contributed by atoms with E-state index in [-0.39, 0.29) is 23.4 Å². The molecule has 144 valence electrons. The molecular weight excluding hydrogens is 540 g/mol. The van der Waals surface area contributed by atoms with Crippen molar-refractivity contribution >= 4 is 61.9 Å². The first-order valence-corrected chi connectivity index (χ1v) is 10.3.